The number of amides is 1. The molecule has 1 unspecified atom stereocenters. The van der Waals surface area contributed by atoms with Crippen LogP contribution in [0.5, 0.6) is 0 Å². The summed E-state index contributed by atoms with van der Waals surface area (Å²) in [5.74, 6) is 0.0466. The van der Waals surface area contributed by atoms with Crippen LogP contribution < -0.4 is 0 Å². The van der Waals surface area contributed by atoms with E-state index in [4.69, 9.17) is 16.3 Å². The zero-order valence-corrected chi connectivity index (χ0v) is 13.8. The van der Waals surface area contributed by atoms with E-state index in [1.807, 2.05) is 48.2 Å². The van der Waals surface area contributed by atoms with Crippen LogP contribution in [0.1, 0.15) is 18.1 Å². The topological polar surface area (TPSA) is 42.4 Å². The van der Waals surface area contributed by atoms with E-state index in [1.54, 1.807) is 12.3 Å². The number of pyridine rings is 1. The van der Waals surface area contributed by atoms with Crippen LogP contribution in [-0.4, -0.2) is 35.5 Å². The summed E-state index contributed by atoms with van der Waals surface area (Å²) in [6, 6.07) is 13.6. The number of carbonyl (C=O) groups is 1. The summed E-state index contributed by atoms with van der Waals surface area (Å²) in [7, 11) is 0. The molecule has 0 bridgehead atoms. The van der Waals surface area contributed by atoms with Crippen molar-refractivity contribution in [1.29, 1.82) is 0 Å². The van der Waals surface area contributed by atoms with Crippen LogP contribution >= 0.6 is 11.6 Å². The summed E-state index contributed by atoms with van der Waals surface area (Å²) >= 11 is 6.05. The third-order valence-electron chi connectivity index (χ3n) is 4.19. The van der Waals surface area contributed by atoms with Gasteiger partial charge in [-0.15, -0.1) is 0 Å². The lowest BCUT2D eigenvalue weighted by atomic mass is 9.93. The molecule has 3 rings (SSSR count). The van der Waals surface area contributed by atoms with Crippen molar-refractivity contribution in [2.75, 3.05) is 19.7 Å². The second-order valence-electron chi connectivity index (χ2n) is 5.89. The summed E-state index contributed by atoms with van der Waals surface area (Å²) in [6.45, 7) is 3.68. The highest BCUT2D eigenvalue weighted by molar-refractivity contribution is 6.30. The first-order chi connectivity index (χ1) is 11.1. The van der Waals surface area contributed by atoms with E-state index >= 15 is 0 Å². The molecule has 1 fully saturated rings. The SMILES string of the molecule is CC1(c2ccccc2)CN(C(=O)Cc2cccnc2Cl)CCO1. The standard InChI is InChI=1S/C18H19ClN2O2/c1-18(15-7-3-2-4-8-15)13-21(10-11-23-18)16(22)12-14-6-5-9-20-17(14)19/h2-9H,10-13H2,1H3. The number of rotatable bonds is 3. The first-order valence-electron chi connectivity index (χ1n) is 7.65. The largest absolute Gasteiger partial charge is 0.367 e. The minimum Gasteiger partial charge on any atom is -0.367 e. The highest BCUT2D eigenvalue weighted by atomic mass is 35.5. The van der Waals surface area contributed by atoms with Gasteiger partial charge in [-0.3, -0.25) is 4.79 Å². The van der Waals surface area contributed by atoms with Crippen LogP contribution in [0, 0.1) is 0 Å². The zero-order valence-electron chi connectivity index (χ0n) is 13.0. The fraction of sp³-hybridized carbons (Fsp3) is 0.333. The molecule has 2 aromatic rings. The van der Waals surface area contributed by atoms with Crippen LogP contribution in [0.4, 0.5) is 0 Å². The van der Waals surface area contributed by atoms with Crippen LogP contribution in [0.25, 0.3) is 0 Å². The summed E-state index contributed by atoms with van der Waals surface area (Å²) in [5, 5.41) is 0.389. The van der Waals surface area contributed by atoms with Crippen LogP contribution in [0.3, 0.4) is 0 Å². The van der Waals surface area contributed by atoms with Crippen LogP contribution in [0.2, 0.25) is 5.15 Å². The molecule has 120 valence electrons. The van der Waals surface area contributed by atoms with E-state index in [2.05, 4.69) is 4.98 Å². The Bertz CT molecular complexity index is 692. The third kappa shape index (κ3) is 3.54. The maximum Gasteiger partial charge on any atom is 0.227 e. The molecule has 1 aliphatic rings. The zero-order chi connectivity index (χ0) is 16.3. The van der Waals surface area contributed by atoms with Crippen molar-refractivity contribution >= 4 is 17.5 Å². The summed E-state index contributed by atoms with van der Waals surface area (Å²) in [5.41, 5.74) is 1.36. The van der Waals surface area contributed by atoms with Gasteiger partial charge >= 0.3 is 0 Å². The molecule has 1 aromatic carbocycles. The number of benzene rings is 1. The number of aromatic nitrogens is 1. The molecule has 0 spiro atoms. The van der Waals surface area contributed by atoms with E-state index < -0.39 is 5.60 Å². The molecular weight excluding hydrogens is 312 g/mol. The Kier molecular flexibility index (Phi) is 4.64. The van der Waals surface area contributed by atoms with Gasteiger partial charge in [0.25, 0.3) is 0 Å². The molecule has 0 saturated carbocycles. The molecule has 0 aliphatic carbocycles. The second kappa shape index (κ2) is 6.69. The Balaban J connectivity index is 1.73. The Labute approximate surface area is 141 Å². The van der Waals surface area contributed by atoms with E-state index in [0.29, 0.717) is 24.8 Å². The molecule has 4 nitrogen and oxygen atoms in total. The van der Waals surface area contributed by atoms with Gasteiger partial charge in [0.15, 0.2) is 0 Å². The number of halogens is 1. The summed E-state index contributed by atoms with van der Waals surface area (Å²) < 4.78 is 5.97. The van der Waals surface area contributed by atoms with Gasteiger partial charge in [0.05, 0.1) is 19.6 Å². The number of ether oxygens (including phenoxy) is 1. The van der Waals surface area contributed by atoms with Gasteiger partial charge in [-0.2, -0.15) is 0 Å². The predicted octanol–water partition coefficient (Wildman–Crippen LogP) is 3.05. The van der Waals surface area contributed by atoms with Crippen LogP contribution in [0.15, 0.2) is 48.7 Å². The first kappa shape index (κ1) is 16.0. The molecule has 1 amide bonds. The van der Waals surface area contributed by atoms with Crippen molar-refractivity contribution in [2.45, 2.75) is 18.9 Å². The predicted molar refractivity (Wildman–Crippen MR) is 89.3 cm³/mol. The minimum absolute atomic E-state index is 0.0466. The highest BCUT2D eigenvalue weighted by Crippen LogP contribution is 2.29. The smallest absolute Gasteiger partial charge is 0.227 e. The van der Waals surface area contributed by atoms with Gasteiger partial charge in [-0.1, -0.05) is 48.0 Å². The minimum atomic E-state index is -0.478. The number of hydrogen-bond acceptors (Lipinski definition) is 3. The van der Waals surface area contributed by atoms with Crippen molar-refractivity contribution in [2.24, 2.45) is 0 Å². The third-order valence-corrected chi connectivity index (χ3v) is 4.53. The Hall–Kier alpha value is -1.91. The molecular formula is C18H19ClN2O2. The van der Waals surface area contributed by atoms with Crippen molar-refractivity contribution in [3.05, 3.63) is 64.9 Å². The van der Waals surface area contributed by atoms with Crippen molar-refractivity contribution in [1.82, 2.24) is 9.88 Å². The molecule has 2 heterocycles. The molecule has 1 saturated heterocycles. The first-order valence-corrected chi connectivity index (χ1v) is 8.03. The molecule has 1 aliphatic heterocycles. The van der Waals surface area contributed by atoms with Crippen molar-refractivity contribution < 1.29 is 9.53 Å². The normalized spacial score (nSPS) is 21.2. The number of morpholine rings is 1. The van der Waals surface area contributed by atoms with Crippen molar-refractivity contribution in [3.8, 4) is 0 Å². The Morgan fingerprint density at radius 1 is 1.30 bits per heavy atom. The average molecular weight is 331 g/mol. The number of carbonyl (C=O) groups excluding carboxylic acids is 1. The average Bonchev–Trinajstić information content (AvgIpc) is 2.58. The highest BCUT2D eigenvalue weighted by Gasteiger charge is 2.35. The number of nitrogens with zero attached hydrogens (tertiary/aromatic N) is 2. The maximum atomic E-state index is 12.6. The lowest BCUT2D eigenvalue weighted by Crippen LogP contribution is -2.50. The van der Waals surface area contributed by atoms with E-state index in [-0.39, 0.29) is 12.3 Å². The Morgan fingerprint density at radius 3 is 2.83 bits per heavy atom. The fourth-order valence-corrected chi connectivity index (χ4v) is 3.06. The lowest BCUT2D eigenvalue weighted by molar-refractivity contribution is -0.149. The molecule has 5 heteroatoms. The molecule has 0 N–H and O–H groups in total. The van der Waals surface area contributed by atoms with E-state index in [1.165, 1.54) is 0 Å². The van der Waals surface area contributed by atoms with Gasteiger partial charge < -0.3 is 9.64 Å². The van der Waals surface area contributed by atoms with Crippen LogP contribution in [-0.2, 0) is 21.6 Å². The van der Waals surface area contributed by atoms with Crippen molar-refractivity contribution in [3.63, 3.8) is 0 Å². The van der Waals surface area contributed by atoms with Gasteiger partial charge in [0.2, 0.25) is 5.91 Å². The second-order valence-corrected chi connectivity index (χ2v) is 6.25. The van der Waals surface area contributed by atoms with E-state index in [0.717, 1.165) is 11.1 Å². The van der Waals surface area contributed by atoms with Gasteiger partial charge in [0.1, 0.15) is 10.8 Å². The monoisotopic (exact) mass is 330 g/mol. The fourth-order valence-electron chi connectivity index (χ4n) is 2.87. The lowest BCUT2D eigenvalue weighted by Gasteiger charge is -2.41. The maximum absolute atomic E-state index is 12.6. The molecule has 0 radical (unpaired) electrons. The van der Waals surface area contributed by atoms with Gasteiger partial charge in [-0.05, 0) is 24.1 Å². The van der Waals surface area contributed by atoms with E-state index in [9.17, 15) is 4.79 Å². The molecule has 23 heavy (non-hydrogen) atoms. The number of hydrogen-bond donors (Lipinski definition) is 0. The molecule has 1 aromatic heterocycles. The summed E-state index contributed by atoms with van der Waals surface area (Å²) in [4.78, 5) is 18.5. The Morgan fingerprint density at radius 2 is 2.09 bits per heavy atom. The van der Waals surface area contributed by atoms with Gasteiger partial charge in [0, 0.05) is 12.7 Å². The van der Waals surface area contributed by atoms with Gasteiger partial charge in [-0.25, -0.2) is 4.98 Å². The summed E-state index contributed by atoms with van der Waals surface area (Å²) in [6.07, 6.45) is 1.88. The quantitative estimate of drug-likeness (QED) is 0.812. The molecule has 1 atom stereocenters.